The summed E-state index contributed by atoms with van der Waals surface area (Å²) in [5, 5.41) is 12.1. The Labute approximate surface area is 247 Å². The number of aliphatic carboxylic acids is 1. The summed E-state index contributed by atoms with van der Waals surface area (Å²) in [5.74, 6) is -3.44. The van der Waals surface area contributed by atoms with E-state index in [0.29, 0.717) is 16.9 Å². The van der Waals surface area contributed by atoms with Gasteiger partial charge in [0.25, 0.3) is 11.8 Å². The summed E-state index contributed by atoms with van der Waals surface area (Å²) in [5.41, 5.74) is 3.56. The van der Waals surface area contributed by atoms with Crippen molar-refractivity contribution < 1.29 is 42.5 Å². The Kier molecular flexibility index (Phi) is 8.45. The van der Waals surface area contributed by atoms with Gasteiger partial charge in [0, 0.05) is 35.4 Å². The monoisotopic (exact) mass is 612 g/mol. The second kappa shape index (κ2) is 12.2. The van der Waals surface area contributed by atoms with Crippen LogP contribution in [0.15, 0.2) is 69.4 Å². The molecule has 1 aromatic carbocycles. The minimum Gasteiger partial charge on any atom is -0.477 e. The highest BCUT2D eigenvalue weighted by molar-refractivity contribution is 8.00. The van der Waals surface area contributed by atoms with E-state index in [-0.39, 0.29) is 48.0 Å². The minimum atomic E-state index is -1.23. The smallest absolute Gasteiger partial charge is 0.423 e. The van der Waals surface area contributed by atoms with Crippen molar-refractivity contribution in [2.45, 2.75) is 37.7 Å². The number of amides is 3. The molecule has 3 amide bonds. The summed E-state index contributed by atoms with van der Waals surface area (Å²) in [6.45, 7) is 1.86. The molecule has 0 saturated carbocycles. The minimum absolute atomic E-state index is 0.0752. The Bertz CT molecular complexity index is 1700. The van der Waals surface area contributed by atoms with E-state index in [4.69, 9.17) is 4.42 Å². The molecular formula is C28H27FN5O8S+. The molecule has 1 fully saturated rings. The second-order valence-corrected chi connectivity index (χ2v) is 10.8. The fourth-order valence-corrected chi connectivity index (χ4v) is 6.22. The standard InChI is InChI=1S/C28H26FN5O8S/c1-3-21(35)30-23-25(37)34-24(27(38)39)16(14-43-26(23)34)12-32-8-6-15(7-9-32)19-5-4-17(10-20(19)29)33-13-18(42-28(33)40)11-22(36)31-41-2/h4-10,13,23,26H,3,11-12,14H2,1-2H3,(H2-,30,31,35,36,38,39)/p+1/t23-,26+/m1/s1. The molecule has 13 nitrogen and oxygen atoms in total. The number of carboxylic acids is 1. The number of hydrogen-bond donors (Lipinski definition) is 3. The SMILES string of the molecule is CCC(=O)N[C@@H]1C(=O)N2C(C(=O)O)=C(C[n+]3ccc(-c4ccc(-n5cc(CC(=O)NOC)oc5=O)cc4F)cc3)CS[C@@H]12. The number of β-lactam (4-membered cyclic amide) rings is 1. The van der Waals surface area contributed by atoms with Crippen LogP contribution >= 0.6 is 11.8 Å². The number of aromatic nitrogens is 2. The first-order valence-corrected chi connectivity index (χ1v) is 14.2. The van der Waals surface area contributed by atoms with Crippen molar-refractivity contribution in [2.75, 3.05) is 12.9 Å². The maximum atomic E-state index is 15.2. The molecule has 43 heavy (non-hydrogen) atoms. The number of halogens is 1. The van der Waals surface area contributed by atoms with E-state index in [0.717, 1.165) is 4.57 Å². The van der Waals surface area contributed by atoms with Gasteiger partial charge in [-0.15, -0.1) is 11.8 Å². The molecule has 15 heteroatoms. The Hall–Kier alpha value is -4.76. The molecule has 2 aromatic heterocycles. The molecule has 4 heterocycles. The number of rotatable bonds is 10. The average molecular weight is 613 g/mol. The predicted octanol–water partition coefficient (Wildman–Crippen LogP) is 0.893. The van der Waals surface area contributed by atoms with Gasteiger partial charge in [-0.25, -0.2) is 28.6 Å². The lowest BCUT2D eigenvalue weighted by molar-refractivity contribution is -0.689. The largest absolute Gasteiger partial charge is 0.477 e. The van der Waals surface area contributed by atoms with Gasteiger partial charge in [-0.1, -0.05) is 6.92 Å². The third-order valence-electron chi connectivity index (χ3n) is 6.93. The number of pyridine rings is 1. The van der Waals surface area contributed by atoms with Gasteiger partial charge in [0.05, 0.1) is 25.4 Å². The number of benzene rings is 1. The number of carbonyl (C=O) groups excluding carboxylic acids is 3. The first kappa shape index (κ1) is 29.7. The van der Waals surface area contributed by atoms with E-state index in [9.17, 15) is 29.1 Å². The van der Waals surface area contributed by atoms with E-state index in [1.54, 1.807) is 36.0 Å². The number of nitrogens with one attached hydrogen (secondary N) is 2. The van der Waals surface area contributed by atoms with Crippen molar-refractivity contribution in [1.82, 2.24) is 20.3 Å². The molecule has 0 unspecified atom stereocenters. The van der Waals surface area contributed by atoms with Crippen molar-refractivity contribution in [3.63, 3.8) is 0 Å². The highest BCUT2D eigenvalue weighted by Gasteiger charge is 2.54. The average Bonchev–Trinajstić information content (AvgIpc) is 3.35. The van der Waals surface area contributed by atoms with Crippen molar-refractivity contribution in [2.24, 2.45) is 0 Å². The van der Waals surface area contributed by atoms with Crippen LogP contribution in [-0.4, -0.2) is 62.5 Å². The number of hydroxylamine groups is 1. The van der Waals surface area contributed by atoms with Crippen LogP contribution in [0.2, 0.25) is 0 Å². The van der Waals surface area contributed by atoms with Gasteiger partial charge in [0.2, 0.25) is 5.91 Å². The molecule has 0 aliphatic carbocycles. The number of nitrogens with zero attached hydrogens (tertiary/aromatic N) is 3. The molecule has 0 radical (unpaired) electrons. The zero-order valence-corrected chi connectivity index (χ0v) is 23.9. The highest BCUT2D eigenvalue weighted by atomic mass is 32.2. The van der Waals surface area contributed by atoms with Crippen LogP contribution in [-0.2, 0) is 37.0 Å². The van der Waals surface area contributed by atoms with Crippen LogP contribution in [0.1, 0.15) is 19.1 Å². The van der Waals surface area contributed by atoms with Crippen molar-refractivity contribution >= 4 is 35.5 Å². The van der Waals surface area contributed by atoms with Gasteiger partial charge in [-0.05, 0) is 23.8 Å². The van der Waals surface area contributed by atoms with Crippen LogP contribution in [0, 0.1) is 5.82 Å². The normalized spacial score (nSPS) is 17.7. The Morgan fingerprint density at radius 1 is 1.19 bits per heavy atom. The molecule has 3 aromatic rings. The van der Waals surface area contributed by atoms with Crippen LogP contribution in [0.3, 0.4) is 0 Å². The number of fused-ring (bicyclic) bond motifs is 1. The topological polar surface area (TPSA) is 164 Å². The number of carboxylic acid groups (broad SMARTS) is 1. The summed E-state index contributed by atoms with van der Waals surface area (Å²) in [4.78, 5) is 66.3. The maximum Gasteiger partial charge on any atom is 0.423 e. The fraction of sp³-hybridized carbons (Fsp3) is 0.286. The van der Waals surface area contributed by atoms with Gasteiger partial charge in [-0.3, -0.25) is 24.1 Å². The maximum absolute atomic E-state index is 15.2. The summed E-state index contributed by atoms with van der Waals surface area (Å²) >= 11 is 1.38. The molecule has 224 valence electrons. The molecular weight excluding hydrogens is 585 g/mol. The molecule has 2 atom stereocenters. The summed E-state index contributed by atoms with van der Waals surface area (Å²) < 4.78 is 23.1. The highest BCUT2D eigenvalue weighted by Crippen LogP contribution is 2.40. The van der Waals surface area contributed by atoms with Gasteiger partial charge in [0.1, 0.15) is 28.7 Å². The molecule has 0 bridgehead atoms. The molecule has 1 saturated heterocycles. The van der Waals surface area contributed by atoms with Crippen LogP contribution < -0.4 is 21.1 Å². The molecule has 2 aliphatic heterocycles. The first-order valence-electron chi connectivity index (χ1n) is 13.1. The van der Waals surface area contributed by atoms with E-state index < -0.39 is 40.8 Å². The second-order valence-electron chi connectivity index (χ2n) is 9.73. The number of thioether (sulfide) groups is 1. The third kappa shape index (κ3) is 5.94. The molecule has 2 aliphatic rings. The number of carbonyl (C=O) groups is 4. The predicted molar refractivity (Wildman–Crippen MR) is 149 cm³/mol. The lowest BCUT2D eigenvalue weighted by Crippen LogP contribution is -2.70. The van der Waals surface area contributed by atoms with Gasteiger partial charge in [-0.2, -0.15) is 0 Å². The van der Waals surface area contributed by atoms with Crippen molar-refractivity contribution in [3.8, 4) is 16.8 Å². The lowest BCUT2D eigenvalue weighted by Gasteiger charge is -2.49. The van der Waals surface area contributed by atoms with Gasteiger partial charge in [0.15, 0.2) is 18.9 Å². The van der Waals surface area contributed by atoms with Crippen molar-refractivity contribution in [3.05, 3.63) is 82.3 Å². The molecule has 0 spiro atoms. The molecule has 3 N–H and O–H groups in total. The van der Waals surface area contributed by atoms with E-state index in [1.807, 2.05) is 0 Å². The first-order chi connectivity index (χ1) is 20.6. The Balaban J connectivity index is 1.31. The van der Waals surface area contributed by atoms with Gasteiger partial charge >= 0.3 is 11.7 Å². The summed E-state index contributed by atoms with van der Waals surface area (Å²) in [7, 11) is 1.27. The number of oxazole rings is 1. The third-order valence-corrected chi connectivity index (χ3v) is 8.27. The number of hydrogen-bond acceptors (Lipinski definition) is 8. The Morgan fingerprint density at radius 3 is 2.58 bits per heavy atom. The Morgan fingerprint density at radius 2 is 1.93 bits per heavy atom. The zero-order valence-electron chi connectivity index (χ0n) is 23.0. The fourth-order valence-electron chi connectivity index (χ4n) is 4.89. The van der Waals surface area contributed by atoms with E-state index in [2.05, 4.69) is 15.6 Å². The van der Waals surface area contributed by atoms with Crippen molar-refractivity contribution in [1.29, 1.82) is 0 Å². The zero-order chi connectivity index (χ0) is 30.8. The summed E-state index contributed by atoms with van der Waals surface area (Å²) in [6.07, 6.45) is 4.63. The van der Waals surface area contributed by atoms with E-state index in [1.165, 1.54) is 48.2 Å². The lowest BCUT2D eigenvalue weighted by atomic mass is 10.0. The molecule has 5 rings (SSSR count). The summed E-state index contributed by atoms with van der Waals surface area (Å²) in [6, 6.07) is 6.80. The van der Waals surface area contributed by atoms with Crippen LogP contribution in [0.4, 0.5) is 4.39 Å². The van der Waals surface area contributed by atoms with Crippen LogP contribution in [0.5, 0.6) is 0 Å². The van der Waals surface area contributed by atoms with Gasteiger partial charge < -0.3 is 14.8 Å². The van der Waals surface area contributed by atoms with E-state index >= 15 is 4.39 Å². The quantitative estimate of drug-likeness (QED) is 0.171. The van der Waals surface area contributed by atoms with Crippen LogP contribution in [0.25, 0.3) is 16.8 Å².